The van der Waals surface area contributed by atoms with Crippen LogP contribution in [0.15, 0.2) is 12.3 Å². The van der Waals surface area contributed by atoms with Crippen molar-refractivity contribution in [2.75, 3.05) is 12.0 Å². The van der Waals surface area contributed by atoms with Gasteiger partial charge < -0.3 is 4.74 Å². The summed E-state index contributed by atoms with van der Waals surface area (Å²) in [6, 6.07) is 2.08. The number of nitrogen functional groups attached to an aromatic ring is 1. The van der Waals surface area contributed by atoms with Crippen LogP contribution in [-0.4, -0.2) is 31.3 Å². The summed E-state index contributed by atoms with van der Waals surface area (Å²) in [6.45, 7) is 4.42. The van der Waals surface area contributed by atoms with Gasteiger partial charge in [0.25, 0.3) is 5.95 Å². The number of hydrogen-bond acceptors (Lipinski definition) is 7. The van der Waals surface area contributed by atoms with E-state index >= 15 is 0 Å². The molecule has 2 aromatic rings. The normalized spacial score (nSPS) is 10.4. The van der Waals surface area contributed by atoms with Gasteiger partial charge in [0.2, 0.25) is 5.95 Å². The maximum atomic E-state index is 5.37. The first-order chi connectivity index (χ1) is 8.72. The summed E-state index contributed by atoms with van der Waals surface area (Å²) < 4.78 is 6.91. The van der Waals surface area contributed by atoms with E-state index in [0.717, 1.165) is 12.1 Å². The molecule has 3 N–H and O–H groups in total. The van der Waals surface area contributed by atoms with Gasteiger partial charge >= 0.3 is 6.01 Å². The fraction of sp³-hybridized carbons (Fsp3) is 0.400. The second-order valence-electron chi connectivity index (χ2n) is 3.64. The van der Waals surface area contributed by atoms with Crippen LogP contribution in [0.5, 0.6) is 6.01 Å². The van der Waals surface area contributed by atoms with Gasteiger partial charge in [-0.2, -0.15) is 20.1 Å². The van der Waals surface area contributed by atoms with Gasteiger partial charge in [-0.25, -0.2) is 10.5 Å². The number of aryl methyl sites for hydroxylation is 1. The van der Waals surface area contributed by atoms with Crippen molar-refractivity contribution in [3.63, 3.8) is 0 Å². The van der Waals surface area contributed by atoms with E-state index in [4.69, 9.17) is 10.6 Å². The Morgan fingerprint density at radius 2 is 2.22 bits per heavy atom. The van der Waals surface area contributed by atoms with E-state index in [2.05, 4.69) is 25.5 Å². The lowest BCUT2D eigenvalue weighted by Gasteiger charge is -2.06. The van der Waals surface area contributed by atoms with Crippen molar-refractivity contribution in [3.8, 4) is 12.0 Å². The molecular weight excluding hydrogens is 234 g/mol. The molecule has 0 aliphatic carbocycles. The van der Waals surface area contributed by atoms with Crippen molar-refractivity contribution in [3.05, 3.63) is 18.0 Å². The number of nitrogens with zero attached hydrogens (tertiary/aromatic N) is 5. The standard InChI is InChI=1S/C10H15N7O/c1-3-6-18-10-13-8(15-11)12-9(14-10)17-5-4-7(2)16-17/h4-5H,3,6,11H2,1-2H3,(H,12,13,14,15). The Labute approximate surface area is 104 Å². The van der Waals surface area contributed by atoms with Crippen LogP contribution in [0, 0.1) is 6.92 Å². The van der Waals surface area contributed by atoms with E-state index in [-0.39, 0.29) is 12.0 Å². The highest BCUT2D eigenvalue weighted by Crippen LogP contribution is 2.10. The number of nitrogens with two attached hydrogens (primary N) is 1. The van der Waals surface area contributed by atoms with E-state index in [0.29, 0.717) is 12.6 Å². The van der Waals surface area contributed by atoms with Gasteiger partial charge in [0.05, 0.1) is 12.3 Å². The summed E-state index contributed by atoms with van der Waals surface area (Å²) >= 11 is 0. The fourth-order valence-electron chi connectivity index (χ4n) is 1.30. The van der Waals surface area contributed by atoms with Crippen molar-refractivity contribution in [1.29, 1.82) is 0 Å². The second kappa shape index (κ2) is 5.41. The minimum absolute atomic E-state index is 0.225. The summed E-state index contributed by atoms with van der Waals surface area (Å²) in [4.78, 5) is 12.3. The van der Waals surface area contributed by atoms with Gasteiger partial charge in [0.15, 0.2) is 0 Å². The number of hydrogen-bond donors (Lipinski definition) is 2. The molecule has 0 atom stereocenters. The lowest BCUT2D eigenvalue weighted by Crippen LogP contribution is -2.15. The van der Waals surface area contributed by atoms with Gasteiger partial charge in [-0.15, -0.1) is 0 Å². The molecule has 8 heteroatoms. The maximum Gasteiger partial charge on any atom is 0.323 e. The number of ether oxygens (including phenoxy) is 1. The van der Waals surface area contributed by atoms with Crippen LogP contribution in [0.2, 0.25) is 0 Å². The Bertz CT molecular complexity index is 525. The first-order valence-electron chi connectivity index (χ1n) is 5.61. The summed E-state index contributed by atoms with van der Waals surface area (Å²) in [5.74, 6) is 5.91. The third-order valence-corrected chi connectivity index (χ3v) is 2.09. The molecule has 2 aromatic heterocycles. The summed E-state index contributed by atoms with van der Waals surface area (Å²) in [7, 11) is 0. The summed E-state index contributed by atoms with van der Waals surface area (Å²) in [6.07, 6.45) is 2.63. The third-order valence-electron chi connectivity index (χ3n) is 2.09. The van der Waals surface area contributed by atoms with Crippen LogP contribution in [0.1, 0.15) is 19.0 Å². The van der Waals surface area contributed by atoms with E-state index in [1.807, 2.05) is 19.9 Å². The lowest BCUT2D eigenvalue weighted by atomic mass is 10.5. The van der Waals surface area contributed by atoms with Crippen molar-refractivity contribution in [2.24, 2.45) is 5.84 Å². The number of hydrazine groups is 1. The van der Waals surface area contributed by atoms with Crippen molar-refractivity contribution < 1.29 is 4.74 Å². The van der Waals surface area contributed by atoms with Crippen LogP contribution in [0.4, 0.5) is 5.95 Å². The average Bonchev–Trinajstić information content (AvgIpc) is 2.82. The van der Waals surface area contributed by atoms with E-state index < -0.39 is 0 Å². The molecule has 0 unspecified atom stereocenters. The largest absolute Gasteiger partial charge is 0.463 e. The summed E-state index contributed by atoms with van der Waals surface area (Å²) in [5.41, 5.74) is 3.25. The predicted octanol–water partition coefficient (Wildman–Crippen LogP) is 0.440. The quantitative estimate of drug-likeness (QED) is 0.585. The second-order valence-corrected chi connectivity index (χ2v) is 3.64. The topological polar surface area (TPSA) is 104 Å². The molecule has 0 saturated carbocycles. The minimum atomic E-state index is 0.225. The average molecular weight is 249 g/mol. The van der Waals surface area contributed by atoms with Crippen LogP contribution in [0.3, 0.4) is 0 Å². The van der Waals surface area contributed by atoms with Gasteiger partial charge in [-0.3, -0.25) is 5.43 Å². The van der Waals surface area contributed by atoms with Crippen molar-refractivity contribution >= 4 is 5.95 Å². The van der Waals surface area contributed by atoms with Crippen LogP contribution < -0.4 is 16.0 Å². The smallest absolute Gasteiger partial charge is 0.323 e. The van der Waals surface area contributed by atoms with E-state index in [1.54, 1.807) is 6.20 Å². The molecule has 96 valence electrons. The fourth-order valence-corrected chi connectivity index (χ4v) is 1.30. The molecule has 18 heavy (non-hydrogen) atoms. The zero-order chi connectivity index (χ0) is 13.0. The third kappa shape index (κ3) is 2.72. The molecule has 8 nitrogen and oxygen atoms in total. The maximum absolute atomic E-state index is 5.37. The zero-order valence-corrected chi connectivity index (χ0v) is 10.3. The molecule has 0 aliphatic rings. The Hall–Kier alpha value is -2.22. The Kier molecular flexibility index (Phi) is 3.68. The molecule has 0 radical (unpaired) electrons. The number of rotatable bonds is 5. The number of anilines is 1. The summed E-state index contributed by atoms with van der Waals surface area (Å²) in [5, 5.41) is 4.22. The highest BCUT2D eigenvalue weighted by Gasteiger charge is 2.09. The number of aromatic nitrogens is 5. The van der Waals surface area contributed by atoms with E-state index in [9.17, 15) is 0 Å². The lowest BCUT2D eigenvalue weighted by molar-refractivity contribution is 0.291. The molecular formula is C10H15N7O. The Morgan fingerprint density at radius 3 is 2.83 bits per heavy atom. The van der Waals surface area contributed by atoms with Crippen molar-refractivity contribution in [1.82, 2.24) is 24.7 Å². The monoisotopic (exact) mass is 249 g/mol. The molecule has 0 aliphatic heterocycles. The number of nitrogens with one attached hydrogen (secondary N) is 1. The zero-order valence-electron chi connectivity index (χ0n) is 10.3. The Balaban J connectivity index is 2.34. The van der Waals surface area contributed by atoms with Crippen LogP contribution >= 0.6 is 0 Å². The molecule has 0 aromatic carbocycles. The molecule has 0 bridgehead atoms. The molecule has 2 heterocycles. The van der Waals surface area contributed by atoms with E-state index in [1.165, 1.54) is 4.68 Å². The van der Waals surface area contributed by atoms with Crippen LogP contribution in [-0.2, 0) is 0 Å². The SMILES string of the molecule is CCCOc1nc(NN)nc(-n2ccc(C)n2)n1. The van der Waals surface area contributed by atoms with Gasteiger partial charge in [-0.1, -0.05) is 6.92 Å². The highest BCUT2D eigenvalue weighted by molar-refractivity contribution is 5.28. The van der Waals surface area contributed by atoms with Gasteiger partial charge in [0.1, 0.15) is 0 Å². The first-order valence-corrected chi connectivity index (χ1v) is 5.61. The van der Waals surface area contributed by atoms with Crippen LogP contribution in [0.25, 0.3) is 5.95 Å². The molecule has 0 spiro atoms. The predicted molar refractivity (Wildman–Crippen MR) is 65.3 cm³/mol. The first kappa shape index (κ1) is 12.2. The molecule has 2 rings (SSSR count). The van der Waals surface area contributed by atoms with Gasteiger partial charge in [0, 0.05) is 6.20 Å². The minimum Gasteiger partial charge on any atom is -0.463 e. The van der Waals surface area contributed by atoms with Gasteiger partial charge in [-0.05, 0) is 19.4 Å². The molecule has 0 fully saturated rings. The van der Waals surface area contributed by atoms with Crippen molar-refractivity contribution in [2.45, 2.75) is 20.3 Å². The highest BCUT2D eigenvalue weighted by atomic mass is 16.5. The Morgan fingerprint density at radius 1 is 1.39 bits per heavy atom. The molecule has 0 amide bonds. The molecule has 0 saturated heterocycles.